The number of carbonyl (C=O) groups excluding carboxylic acids is 1. The Kier molecular flexibility index (Phi) is 3.87. The van der Waals surface area contributed by atoms with Crippen molar-refractivity contribution in [3.8, 4) is 0 Å². The fraction of sp³-hybridized carbons (Fsp3) is 0.125. The number of esters is 1. The molecule has 0 heterocycles. The second-order valence-corrected chi connectivity index (χ2v) is 4.28. The fourth-order valence-corrected chi connectivity index (χ4v) is 1.92. The van der Waals surface area contributed by atoms with E-state index in [-0.39, 0.29) is 0 Å². The Labute approximate surface area is 100 Å². The van der Waals surface area contributed by atoms with E-state index in [9.17, 15) is 4.79 Å². The first-order chi connectivity index (χ1) is 6.06. The number of benzene rings is 1. The Morgan fingerprint density at radius 2 is 2.23 bits per heavy atom. The molecule has 1 aromatic carbocycles. The van der Waals surface area contributed by atoms with E-state index in [1.165, 1.54) is 7.11 Å². The van der Waals surface area contributed by atoms with Gasteiger partial charge >= 0.3 is 5.97 Å². The molecule has 0 aromatic heterocycles. The van der Waals surface area contributed by atoms with Crippen LogP contribution >= 0.6 is 46.8 Å². The molecule has 0 aliphatic rings. The van der Waals surface area contributed by atoms with Crippen LogP contribution in [-0.2, 0) is 4.74 Å². The zero-order valence-electron chi connectivity index (χ0n) is 6.67. The van der Waals surface area contributed by atoms with Crippen molar-refractivity contribution in [3.63, 3.8) is 0 Å². The molecule has 2 nitrogen and oxygen atoms in total. The third-order valence-electron chi connectivity index (χ3n) is 1.42. The number of hydrogen-bond acceptors (Lipinski definition) is 3. The van der Waals surface area contributed by atoms with Crippen molar-refractivity contribution in [2.75, 3.05) is 7.11 Å². The second-order valence-electron chi connectivity index (χ2n) is 2.28. The van der Waals surface area contributed by atoms with Crippen molar-refractivity contribution >= 4 is 52.8 Å². The lowest BCUT2D eigenvalue weighted by Gasteiger charge is -2.05. The molecule has 70 valence electrons. The molecular formula is C8H6ClIO2S. The summed E-state index contributed by atoms with van der Waals surface area (Å²) in [5.74, 6) is -0.401. The molecular weight excluding hydrogens is 323 g/mol. The highest BCUT2D eigenvalue weighted by Gasteiger charge is 2.13. The lowest BCUT2D eigenvalue weighted by Crippen LogP contribution is -2.04. The lowest BCUT2D eigenvalue weighted by molar-refractivity contribution is 0.0599. The molecule has 0 N–H and O–H groups in total. The molecule has 1 rings (SSSR count). The average Bonchev–Trinajstić information content (AvgIpc) is 2.10. The van der Waals surface area contributed by atoms with Gasteiger partial charge in [-0.3, -0.25) is 0 Å². The van der Waals surface area contributed by atoms with Gasteiger partial charge in [0, 0.05) is 13.5 Å². The van der Waals surface area contributed by atoms with Crippen LogP contribution in [0.5, 0.6) is 0 Å². The minimum atomic E-state index is -0.401. The molecule has 5 heteroatoms. The summed E-state index contributed by atoms with van der Waals surface area (Å²) in [7, 11) is 1.33. The van der Waals surface area contributed by atoms with E-state index in [1.54, 1.807) is 12.1 Å². The van der Waals surface area contributed by atoms with Crippen molar-refractivity contribution in [3.05, 3.63) is 26.3 Å². The van der Waals surface area contributed by atoms with Gasteiger partial charge in [0.25, 0.3) is 0 Å². The predicted octanol–water partition coefficient (Wildman–Crippen LogP) is 3.02. The van der Waals surface area contributed by atoms with E-state index in [1.807, 2.05) is 22.6 Å². The number of methoxy groups -OCH3 is 1. The van der Waals surface area contributed by atoms with Crippen LogP contribution in [0.15, 0.2) is 17.0 Å². The van der Waals surface area contributed by atoms with Crippen molar-refractivity contribution < 1.29 is 9.53 Å². The van der Waals surface area contributed by atoms with Crippen molar-refractivity contribution in [2.24, 2.45) is 0 Å². The zero-order chi connectivity index (χ0) is 10.0. The van der Waals surface area contributed by atoms with Crippen molar-refractivity contribution in [2.45, 2.75) is 4.90 Å². The predicted molar refractivity (Wildman–Crippen MR) is 62.8 cm³/mol. The third-order valence-corrected chi connectivity index (χ3v) is 3.58. The Balaban J connectivity index is 3.28. The summed E-state index contributed by atoms with van der Waals surface area (Å²) in [6.07, 6.45) is 0. The largest absolute Gasteiger partial charge is 0.465 e. The fourth-order valence-electron chi connectivity index (χ4n) is 0.833. The van der Waals surface area contributed by atoms with Crippen molar-refractivity contribution in [1.29, 1.82) is 0 Å². The van der Waals surface area contributed by atoms with Crippen LogP contribution in [0.4, 0.5) is 0 Å². The summed E-state index contributed by atoms with van der Waals surface area (Å²) < 4.78 is 5.34. The van der Waals surface area contributed by atoms with Gasteiger partial charge in [0.05, 0.1) is 12.7 Å². The number of halogens is 2. The van der Waals surface area contributed by atoms with Crippen LogP contribution in [0.25, 0.3) is 0 Å². The Bertz CT molecular complexity index is 354. The molecule has 0 saturated carbocycles. The normalized spacial score (nSPS) is 9.85. The molecule has 13 heavy (non-hydrogen) atoms. The molecule has 0 fully saturated rings. The smallest absolute Gasteiger partial charge is 0.339 e. The monoisotopic (exact) mass is 328 g/mol. The maximum Gasteiger partial charge on any atom is 0.339 e. The number of rotatable bonds is 1. The molecule has 0 aliphatic heterocycles. The van der Waals surface area contributed by atoms with Crippen LogP contribution in [0.3, 0.4) is 0 Å². The molecule has 0 atom stereocenters. The summed E-state index contributed by atoms with van der Waals surface area (Å²) in [4.78, 5) is 11.9. The van der Waals surface area contributed by atoms with Crippen LogP contribution in [0.1, 0.15) is 10.4 Å². The van der Waals surface area contributed by atoms with E-state index < -0.39 is 5.97 Å². The molecule has 0 aliphatic carbocycles. The number of carbonyl (C=O) groups is 1. The van der Waals surface area contributed by atoms with Crippen molar-refractivity contribution in [1.82, 2.24) is 0 Å². The topological polar surface area (TPSA) is 26.3 Å². The van der Waals surface area contributed by atoms with Gasteiger partial charge in [0.15, 0.2) is 0 Å². The average molecular weight is 329 g/mol. The van der Waals surface area contributed by atoms with Gasteiger partial charge in [-0.05, 0) is 34.7 Å². The molecule has 0 spiro atoms. The van der Waals surface area contributed by atoms with Gasteiger partial charge < -0.3 is 4.74 Å². The van der Waals surface area contributed by atoms with Crippen LogP contribution in [0.2, 0.25) is 5.02 Å². The summed E-state index contributed by atoms with van der Waals surface area (Å²) in [6.45, 7) is 0. The molecule has 1 aromatic rings. The first-order valence-electron chi connectivity index (χ1n) is 3.32. The minimum Gasteiger partial charge on any atom is -0.465 e. The van der Waals surface area contributed by atoms with Gasteiger partial charge in [0.2, 0.25) is 0 Å². The highest BCUT2D eigenvalue weighted by molar-refractivity contribution is 14.1. The highest BCUT2D eigenvalue weighted by Crippen LogP contribution is 2.25. The summed E-state index contributed by atoms with van der Waals surface area (Å²) in [5, 5.41) is 0.478. The SMILES string of the molecule is COC(=O)c1cc(Cl)cc(S)c1I. The summed E-state index contributed by atoms with van der Waals surface area (Å²) in [6, 6.07) is 3.24. The van der Waals surface area contributed by atoms with E-state index in [0.29, 0.717) is 15.5 Å². The van der Waals surface area contributed by atoms with Crippen LogP contribution < -0.4 is 0 Å². The van der Waals surface area contributed by atoms with Gasteiger partial charge in [-0.25, -0.2) is 4.79 Å². The van der Waals surface area contributed by atoms with E-state index >= 15 is 0 Å². The quantitative estimate of drug-likeness (QED) is 0.487. The number of thiol groups is 1. The van der Waals surface area contributed by atoms with E-state index in [4.69, 9.17) is 11.6 Å². The second kappa shape index (κ2) is 4.52. The van der Waals surface area contributed by atoms with Gasteiger partial charge in [0.1, 0.15) is 0 Å². The molecule has 0 amide bonds. The maximum absolute atomic E-state index is 11.2. The number of hydrogen-bond donors (Lipinski definition) is 1. The first kappa shape index (κ1) is 11.1. The Hall–Kier alpha value is 0.0600. The maximum atomic E-state index is 11.2. The molecule has 0 bridgehead atoms. The highest BCUT2D eigenvalue weighted by atomic mass is 127. The van der Waals surface area contributed by atoms with Gasteiger partial charge in [-0.15, -0.1) is 12.6 Å². The molecule has 0 radical (unpaired) electrons. The lowest BCUT2D eigenvalue weighted by atomic mass is 10.2. The number of ether oxygens (including phenoxy) is 1. The summed E-state index contributed by atoms with van der Waals surface area (Å²) >= 11 is 12.0. The Morgan fingerprint density at radius 1 is 1.62 bits per heavy atom. The molecule has 0 unspecified atom stereocenters. The first-order valence-corrected chi connectivity index (χ1v) is 5.23. The van der Waals surface area contributed by atoms with E-state index in [0.717, 1.165) is 3.57 Å². The van der Waals surface area contributed by atoms with E-state index in [2.05, 4.69) is 17.4 Å². The summed E-state index contributed by atoms with van der Waals surface area (Å²) in [5.41, 5.74) is 0.445. The zero-order valence-corrected chi connectivity index (χ0v) is 10.5. The third kappa shape index (κ3) is 2.51. The molecule has 0 saturated heterocycles. The van der Waals surface area contributed by atoms with Gasteiger partial charge in [-0.2, -0.15) is 0 Å². The Morgan fingerprint density at radius 3 is 2.77 bits per heavy atom. The van der Waals surface area contributed by atoms with Crippen LogP contribution in [-0.4, -0.2) is 13.1 Å². The standard InChI is InChI=1S/C8H6ClIO2S/c1-12-8(11)5-2-4(9)3-6(13)7(5)10/h2-3,13H,1H3. The van der Waals surface area contributed by atoms with Crippen LogP contribution in [0, 0.1) is 3.57 Å². The minimum absolute atomic E-state index is 0.401. The van der Waals surface area contributed by atoms with Gasteiger partial charge in [-0.1, -0.05) is 11.6 Å².